The normalized spacial score (nSPS) is 10.7. The maximum atomic E-state index is 12.2. The van der Waals surface area contributed by atoms with Gasteiger partial charge in [-0.05, 0) is 54.3 Å². The zero-order valence-electron chi connectivity index (χ0n) is 12.6. The Kier molecular flexibility index (Phi) is 5.12. The first-order valence-corrected chi connectivity index (χ1v) is 7.30. The van der Waals surface area contributed by atoms with E-state index in [1.807, 2.05) is 42.5 Å². The third-order valence-corrected chi connectivity index (χ3v) is 3.46. The van der Waals surface area contributed by atoms with E-state index in [4.69, 9.17) is 5.73 Å². The Bertz CT molecular complexity index is 603. The smallest absolute Gasteiger partial charge is 0.255 e. The fourth-order valence-corrected chi connectivity index (χ4v) is 2.17. The second kappa shape index (κ2) is 7.04. The summed E-state index contributed by atoms with van der Waals surface area (Å²) in [6, 6.07) is 15.5. The van der Waals surface area contributed by atoms with E-state index in [9.17, 15) is 4.79 Å². The molecular formula is C18H22N2O. The van der Waals surface area contributed by atoms with Crippen LogP contribution in [0.25, 0.3) is 0 Å². The minimum Gasteiger partial charge on any atom is -0.330 e. The molecule has 1 amide bonds. The molecule has 110 valence electrons. The van der Waals surface area contributed by atoms with Crippen LogP contribution in [0.15, 0.2) is 48.5 Å². The summed E-state index contributed by atoms with van der Waals surface area (Å²) in [4.78, 5) is 12.2. The summed E-state index contributed by atoms with van der Waals surface area (Å²) in [6.07, 6.45) is 0.832. The molecule has 0 saturated heterocycles. The van der Waals surface area contributed by atoms with Crippen LogP contribution in [0.4, 0.5) is 5.69 Å². The molecule has 0 aromatic heterocycles. The van der Waals surface area contributed by atoms with Crippen LogP contribution in [0.2, 0.25) is 0 Å². The van der Waals surface area contributed by atoms with Crippen LogP contribution < -0.4 is 11.1 Å². The zero-order chi connectivity index (χ0) is 15.2. The van der Waals surface area contributed by atoms with Crippen molar-refractivity contribution in [3.8, 4) is 0 Å². The van der Waals surface area contributed by atoms with Gasteiger partial charge in [-0.3, -0.25) is 4.79 Å². The van der Waals surface area contributed by atoms with Crippen molar-refractivity contribution in [3.63, 3.8) is 0 Å². The summed E-state index contributed by atoms with van der Waals surface area (Å²) in [6.45, 7) is 4.89. The van der Waals surface area contributed by atoms with Crippen LogP contribution in [0.3, 0.4) is 0 Å². The highest BCUT2D eigenvalue weighted by Crippen LogP contribution is 2.19. The van der Waals surface area contributed by atoms with Gasteiger partial charge in [-0.25, -0.2) is 0 Å². The van der Waals surface area contributed by atoms with E-state index in [1.54, 1.807) is 0 Å². The van der Waals surface area contributed by atoms with E-state index in [0.29, 0.717) is 18.0 Å². The molecule has 2 aromatic carbocycles. The molecule has 0 heterocycles. The fourth-order valence-electron chi connectivity index (χ4n) is 2.17. The topological polar surface area (TPSA) is 55.1 Å². The van der Waals surface area contributed by atoms with Crippen LogP contribution in [-0.4, -0.2) is 12.5 Å². The average molecular weight is 282 g/mol. The molecule has 3 nitrogen and oxygen atoms in total. The maximum Gasteiger partial charge on any atom is 0.255 e. The van der Waals surface area contributed by atoms with Gasteiger partial charge in [0, 0.05) is 11.3 Å². The maximum absolute atomic E-state index is 12.2. The van der Waals surface area contributed by atoms with Gasteiger partial charge in [-0.2, -0.15) is 0 Å². The highest BCUT2D eigenvalue weighted by molar-refractivity contribution is 6.04. The molecule has 0 fully saturated rings. The van der Waals surface area contributed by atoms with Crippen molar-refractivity contribution in [3.05, 3.63) is 65.2 Å². The third kappa shape index (κ3) is 4.17. The van der Waals surface area contributed by atoms with Crippen LogP contribution in [0.5, 0.6) is 0 Å². The number of carbonyl (C=O) groups excluding carboxylic acids is 1. The van der Waals surface area contributed by atoms with E-state index < -0.39 is 0 Å². The Labute approximate surface area is 126 Å². The largest absolute Gasteiger partial charge is 0.330 e. The number of benzene rings is 2. The van der Waals surface area contributed by atoms with Gasteiger partial charge in [-0.1, -0.05) is 38.1 Å². The van der Waals surface area contributed by atoms with Crippen molar-refractivity contribution in [2.75, 3.05) is 11.9 Å². The number of rotatable bonds is 5. The lowest BCUT2D eigenvalue weighted by molar-refractivity contribution is 0.102. The first kappa shape index (κ1) is 15.3. The molecular weight excluding hydrogens is 260 g/mol. The van der Waals surface area contributed by atoms with Crippen molar-refractivity contribution < 1.29 is 4.79 Å². The molecule has 0 aliphatic carbocycles. The predicted octanol–water partition coefficient (Wildman–Crippen LogP) is 3.56. The van der Waals surface area contributed by atoms with Gasteiger partial charge in [0.25, 0.3) is 5.91 Å². The molecule has 0 aliphatic heterocycles. The van der Waals surface area contributed by atoms with Crippen LogP contribution in [-0.2, 0) is 6.42 Å². The molecule has 0 unspecified atom stereocenters. The van der Waals surface area contributed by atoms with E-state index >= 15 is 0 Å². The highest BCUT2D eigenvalue weighted by Gasteiger charge is 2.07. The lowest BCUT2D eigenvalue weighted by Crippen LogP contribution is -2.12. The summed E-state index contributed by atoms with van der Waals surface area (Å²) in [5.74, 6) is 0.354. The summed E-state index contributed by atoms with van der Waals surface area (Å²) < 4.78 is 0. The van der Waals surface area contributed by atoms with Crippen LogP contribution in [0, 0.1) is 0 Å². The molecule has 0 radical (unpaired) electrons. The van der Waals surface area contributed by atoms with Gasteiger partial charge in [0.2, 0.25) is 0 Å². The van der Waals surface area contributed by atoms with Gasteiger partial charge >= 0.3 is 0 Å². The molecule has 0 bridgehead atoms. The number of hydrogen-bond donors (Lipinski definition) is 2. The summed E-state index contributed by atoms with van der Waals surface area (Å²) in [7, 11) is 0. The van der Waals surface area contributed by atoms with Crippen LogP contribution >= 0.6 is 0 Å². The molecule has 0 saturated carbocycles. The number of anilines is 1. The summed E-state index contributed by atoms with van der Waals surface area (Å²) in [5, 5.41) is 2.94. The highest BCUT2D eigenvalue weighted by atomic mass is 16.1. The first-order chi connectivity index (χ1) is 10.1. The lowest BCUT2D eigenvalue weighted by Gasteiger charge is -2.10. The molecule has 3 N–H and O–H groups in total. The Morgan fingerprint density at radius 3 is 2.48 bits per heavy atom. The van der Waals surface area contributed by atoms with Gasteiger partial charge < -0.3 is 11.1 Å². The Morgan fingerprint density at radius 2 is 1.86 bits per heavy atom. The van der Waals surface area contributed by atoms with Gasteiger partial charge in [0.15, 0.2) is 0 Å². The summed E-state index contributed by atoms with van der Waals surface area (Å²) in [5.41, 5.74) is 9.37. The second-order valence-corrected chi connectivity index (χ2v) is 5.47. The van der Waals surface area contributed by atoms with Crippen molar-refractivity contribution in [1.82, 2.24) is 0 Å². The van der Waals surface area contributed by atoms with Crippen molar-refractivity contribution >= 4 is 11.6 Å². The minimum atomic E-state index is -0.0878. The van der Waals surface area contributed by atoms with Gasteiger partial charge in [0.05, 0.1) is 0 Å². The molecule has 3 heteroatoms. The standard InChI is InChI=1S/C18H22N2O/c1-13(2)16-4-3-5-17(12-16)20-18(21)15-8-6-14(7-9-15)10-11-19/h3-9,12-13H,10-11,19H2,1-2H3,(H,20,21). The van der Waals surface area contributed by atoms with E-state index in [0.717, 1.165) is 17.7 Å². The van der Waals surface area contributed by atoms with Gasteiger partial charge in [0.1, 0.15) is 0 Å². The monoisotopic (exact) mass is 282 g/mol. The van der Waals surface area contributed by atoms with Crippen molar-refractivity contribution in [2.45, 2.75) is 26.2 Å². The number of hydrogen-bond acceptors (Lipinski definition) is 2. The number of carbonyl (C=O) groups is 1. The molecule has 0 spiro atoms. The number of nitrogens with one attached hydrogen (secondary N) is 1. The summed E-state index contributed by atoms with van der Waals surface area (Å²) >= 11 is 0. The molecule has 0 aliphatic rings. The van der Waals surface area contributed by atoms with Crippen molar-refractivity contribution in [2.24, 2.45) is 5.73 Å². The minimum absolute atomic E-state index is 0.0878. The quantitative estimate of drug-likeness (QED) is 0.881. The van der Waals surface area contributed by atoms with Crippen LogP contribution in [0.1, 0.15) is 41.3 Å². The third-order valence-electron chi connectivity index (χ3n) is 3.46. The lowest BCUT2D eigenvalue weighted by atomic mass is 10.0. The molecule has 21 heavy (non-hydrogen) atoms. The number of nitrogens with two attached hydrogens (primary N) is 1. The first-order valence-electron chi connectivity index (χ1n) is 7.30. The van der Waals surface area contributed by atoms with E-state index in [2.05, 4.69) is 25.2 Å². The Balaban J connectivity index is 2.08. The molecule has 0 atom stereocenters. The SMILES string of the molecule is CC(C)c1cccc(NC(=O)c2ccc(CCN)cc2)c1. The van der Waals surface area contributed by atoms with E-state index in [1.165, 1.54) is 5.56 Å². The van der Waals surface area contributed by atoms with Crippen molar-refractivity contribution in [1.29, 1.82) is 0 Å². The van der Waals surface area contributed by atoms with E-state index in [-0.39, 0.29) is 5.91 Å². The second-order valence-electron chi connectivity index (χ2n) is 5.47. The molecule has 2 aromatic rings. The average Bonchev–Trinajstić information content (AvgIpc) is 2.48. The predicted molar refractivity (Wildman–Crippen MR) is 87.7 cm³/mol. The number of amides is 1. The fraction of sp³-hybridized carbons (Fsp3) is 0.278. The van der Waals surface area contributed by atoms with Gasteiger partial charge in [-0.15, -0.1) is 0 Å². The Morgan fingerprint density at radius 1 is 1.14 bits per heavy atom. The zero-order valence-corrected chi connectivity index (χ0v) is 12.6. The Hall–Kier alpha value is -2.13. The molecule has 2 rings (SSSR count).